The number of amides is 1. The molecule has 1 aliphatic heterocycles. The Hall–Kier alpha value is -3.76. The summed E-state index contributed by atoms with van der Waals surface area (Å²) >= 11 is 0. The molecule has 206 valence electrons. The molecular formula is C30H36N4O5. The average molecular weight is 533 g/mol. The van der Waals surface area contributed by atoms with Gasteiger partial charge < -0.3 is 21.0 Å². The highest BCUT2D eigenvalue weighted by atomic mass is 17.0. The summed E-state index contributed by atoms with van der Waals surface area (Å²) in [5.74, 6) is -0.634. The van der Waals surface area contributed by atoms with Gasteiger partial charge in [-0.1, -0.05) is 104 Å². The van der Waals surface area contributed by atoms with E-state index in [-0.39, 0.29) is 25.0 Å². The minimum absolute atomic E-state index is 0.0726. The second-order valence-corrected chi connectivity index (χ2v) is 9.66. The van der Waals surface area contributed by atoms with Crippen LogP contribution in [0.3, 0.4) is 0 Å². The van der Waals surface area contributed by atoms with Crippen LogP contribution in [0.4, 0.5) is 0 Å². The number of benzene rings is 3. The third kappa shape index (κ3) is 5.97. The van der Waals surface area contributed by atoms with Crippen molar-refractivity contribution in [3.63, 3.8) is 0 Å². The molecule has 3 aromatic carbocycles. The lowest BCUT2D eigenvalue weighted by Crippen LogP contribution is -2.63. The first-order valence-corrected chi connectivity index (χ1v) is 13.1. The number of hydrogen-bond donors (Lipinski definition) is 3. The molecule has 0 bridgehead atoms. The molecule has 3 unspecified atom stereocenters. The van der Waals surface area contributed by atoms with E-state index >= 15 is 0 Å². The van der Waals surface area contributed by atoms with Crippen molar-refractivity contribution in [1.29, 1.82) is 0 Å². The van der Waals surface area contributed by atoms with Crippen molar-refractivity contribution >= 4 is 11.7 Å². The molecule has 9 nitrogen and oxygen atoms in total. The van der Waals surface area contributed by atoms with Crippen LogP contribution in [-0.2, 0) is 32.4 Å². The van der Waals surface area contributed by atoms with E-state index in [4.69, 9.17) is 20.1 Å². The van der Waals surface area contributed by atoms with Crippen LogP contribution in [0.5, 0.6) is 0 Å². The Balaban J connectivity index is 1.86. The highest BCUT2D eigenvalue weighted by Crippen LogP contribution is 2.47. The Morgan fingerprint density at radius 1 is 1.03 bits per heavy atom. The first-order valence-electron chi connectivity index (χ1n) is 13.1. The van der Waals surface area contributed by atoms with E-state index in [1.807, 2.05) is 91.9 Å². The molecule has 39 heavy (non-hydrogen) atoms. The maximum atomic E-state index is 13.7. The van der Waals surface area contributed by atoms with Crippen LogP contribution < -0.4 is 11.1 Å². The van der Waals surface area contributed by atoms with Gasteiger partial charge in [-0.05, 0) is 40.3 Å². The molecule has 0 saturated carbocycles. The first kappa shape index (κ1) is 28.3. The van der Waals surface area contributed by atoms with Crippen molar-refractivity contribution < 1.29 is 24.4 Å². The van der Waals surface area contributed by atoms with Crippen LogP contribution in [-0.4, -0.2) is 40.4 Å². The van der Waals surface area contributed by atoms with Crippen LogP contribution in [0, 0.1) is 0 Å². The lowest BCUT2D eigenvalue weighted by molar-refractivity contribution is -0.372. The smallest absolute Gasteiger partial charge is 0.246 e. The van der Waals surface area contributed by atoms with Crippen molar-refractivity contribution in [3.8, 4) is 0 Å². The molecule has 0 spiro atoms. The predicted molar refractivity (Wildman–Crippen MR) is 147 cm³/mol. The van der Waals surface area contributed by atoms with E-state index in [0.29, 0.717) is 6.54 Å². The molecule has 3 aromatic rings. The van der Waals surface area contributed by atoms with E-state index in [1.165, 1.54) is 0 Å². The SMILES string of the molecule is CCNC(=O)C1N(OCc2ccccc2)OC(c2ccccc2C(C)C)C1(OCc1ccccc1)C(N)=NO. The Labute approximate surface area is 229 Å². The summed E-state index contributed by atoms with van der Waals surface area (Å²) in [4.78, 5) is 26.2. The average Bonchev–Trinajstić information content (AvgIpc) is 3.30. The Bertz CT molecular complexity index is 1250. The minimum Gasteiger partial charge on any atom is -0.409 e. The summed E-state index contributed by atoms with van der Waals surface area (Å²) in [5.41, 5.74) is 8.15. The maximum absolute atomic E-state index is 13.7. The van der Waals surface area contributed by atoms with Gasteiger partial charge in [0.1, 0.15) is 6.10 Å². The van der Waals surface area contributed by atoms with Crippen LogP contribution in [0.1, 0.15) is 55.0 Å². The van der Waals surface area contributed by atoms with Gasteiger partial charge in [0.05, 0.1) is 13.2 Å². The number of rotatable bonds is 11. The number of amidine groups is 1. The molecule has 1 amide bonds. The molecule has 4 N–H and O–H groups in total. The third-order valence-corrected chi connectivity index (χ3v) is 6.75. The fourth-order valence-corrected chi connectivity index (χ4v) is 4.84. The van der Waals surface area contributed by atoms with Gasteiger partial charge in [-0.3, -0.25) is 14.5 Å². The number of oxime groups is 1. The second kappa shape index (κ2) is 12.9. The molecule has 0 aromatic heterocycles. The maximum Gasteiger partial charge on any atom is 0.246 e. The van der Waals surface area contributed by atoms with Crippen LogP contribution in [0.2, 0.25) is 0 Å². The largest absolute Gasteiger partial charge is 0.409 e. The summed E-state index contributed by atoms with van der Waals surface area (Å²) < 4.78 is 6.57. The van der Waals surface area contributed by atoms with Gasteiger partial charge in [-0.2, -0.15) is 0 Å². The van der Waals surface area contributed by atoms with Gasteiger partial charge >= 0.3 is 0 Å². The zero-order valence-corrected chi connectivity index (χ0v) is 22.5. The lowest BCUT2D eigenvalue weighted by atomic mass is 9.80. The van der Waals surface area contributed by atoms with Gasteiger partial charge in [0.15, 0.2) is 17.5 Å². The molecule has 0 radical (unpaired) electrons. The van der Waals surface area contributed by atoms with Crippen LogP contribution in [0.15, 0.2) is 90.1 Å². The molecule has 1 aliphatic rings. The van der Waals surface area contributed by atoms with Gasteiger partial charge in [0, 0.05) is 6.54 Å². The van der Waals surface area contributed by atoms with Crippen molar-refractivity contribution in [3.05, 3.63) is 107 Å². The van der Waals surface area contributed by atoms with E-state index in [2.05, 4.69) is 24.3 Å². The fourth-order valence-electron chi connectivity index (χ4n) is 4.84. The molecule has 1 heterocycles. The minimum atomic E-state index is -1.74. The van der Waals surface area contributed by atoms with Gasteiger partial charge in [-0.25, -0.2) is 0 Å². The summed E-state index contributed by atoms with van der Waals surface area (Å²) in [6, 6.07) is 25.5. The first-order chi connectivity index (χ1) is 18.9. The summed E-state index contributed by atoms with van der Waals surface area (Å²) in [6.07, 6.45) is -0.973. The number of carbonyl (C=O) groups is 1. The number of ether oxygens (including phenoxy) is 1. The van der Waals surface area contributed by atoms with E-state index in [0.717, 1.165) is 27.5 Å². The third-order valence-electron chi connectivity index (χ3n) is 6.75. The molecule has 1 saturated heterocycles. The quantitative estimate of drug-likeness (QED) is 0.145. The van der Waals surface area contributed by atoms with Gasteiger partial charge in [0.25, 0.3) is 0 Å². The standard InChI is InChI=1S/C30H36N4O5/c1-4-32-28(35)26-30(29(31)33-36,37-19-22-13-7-5-8-14-22)27(25-18-12-11-17-24(25)21(2)3)39-34(26)38-20-23-15-9-6-10-16-23/h5-18,21,26-27,36H,4,19-20H2,1-3H3,(H2,31,33)(H,32,35). The summed E-state index contributed by atoms with van der Waals surface area (Å²) in [7, 11) is 0. The number of nitrogens with zero attached hydrogens (tertiary/aromatic N) is 2. The number of nitrogens with one attached hydrogen (secondary N) is 1. The number of likely N-dealkylation sites (N-methyl/N-ethyl adjacent to an activating group) is 1. The number of hydroxylamine groups is 2. The van der Waals surface area contributed by atoms with Crippen molar-refractivity contribution in [1.82, 2.24) is 10.5 Å². The molecule has 9 heteroatoms. The van der Waals surface area contributed by atoms with Crippen molar-refractivity contribution in [2.75, 3.05) is 6.54 Å². The van der Waals surface area contributed by atoms with Crippen LogP contribution in [0.25, 0.3) is 0 Å². The monoisotopic (exact) mass is 532 g/mol. The zero-order chi connectivity index (χ0) is 27.8. The zero-order valence-electron chi connectivity index (χ0n) is 22.5. The molecule has 1 fully saturated rings. The molecular weight excluding hydrogens is 496 g/mol. The van der Waals surface area contributed by atoms with Crippen molar-refractivity contribution in [2.24, 2.45) is 10.9 Å². The highest BCUT2D eigenvalue weighted by molar-refractivity contribution is 5.98. The molecule has 4 rings (SSSR count). The van der Waals surface area contributed by atoms with Gasteiger partial charge in [-0.15, -0.1) is 0 Å². The van der Waals surface area contributed by atoms with E-state index in [1.54, 1.807) is 0 Å². The van der Waals surface area contributed by atoms with E-state index < -0.39 is 23.7 Å². The van der Waals surface area contributed by atoms with Crippen LogP contribution >= 0.6 is 0 Å². The lowest BCUT2D eigenvalue weighted by Gasteiger charge is -2.36. The predicted octanol–water partition coefficient (Wildman–Crippen LogP) is 4.44. The van der Waals surface area contributed by atoms with Crippen molar-refractivity contribution in [2.45, 2.75) is 57.6 Å². The normalized spacial score (nSPS) is 21.8. The Morgan fingerprint density at radius 3 is 2.21 bits per heavy atom. The number of hydrogen-bond acceptors (Lipinski definition) is 7. The number of carbonyl (C=O) groups excluding carboxylic acids is 1. The summed E-state index contributed by atoms with van der Waals surface area (Å²) in [5, 5.41) is 17.4. The van der Waals surface area contributed by atoms with Gasteiger partial charge in [0.2, 0.25) is 5.91 Å². The molecule has 3 atom stereocenters. The Morgan fingerprint density at radius 2 is 1.62 bits per heavy atom. The topological polar surface area (TPSA) is 119 Å². The Kier molecular flexibility index (Phi) is 9.32. The number of nitrogens with two attached hydrogens (primary N) is 1. The highest BCUT2D eigenvalue weighted by Gasteiger charge is 2.65. The molecule has 0 aliphatic carbocycles. The fraction of sp³-hybridized carbons (Fsp3) is 0.333. The summed E-state index contributed by atoms with van der Waals surface area (Å²) in [6.45, 7) is 6.48. The second-order valence-electron chi connectivity index (χ2n) is 9.66. The van der Waals surface area contributed by atoms with E-state index in [9.17, 15) is 10.0 Å².